The highest BCUT2D eigenvalue weighted by Crippen LogP contribution is 1.96. The van der Waals surface area contributed by atoms with Crippen LogP contribution in [-0.4, -0.2) is 79.3 Å². The van der Waals surface area contributed by atoms with Gasteiger partial charge in [0.05, 0.1) is 39.1 Å². The van der Waals surface area contributed by atoms with Gasteiger partial charge in [-0.25, -0.2) is 9.59 Å². The van der Waals surface area contributed by atoms with Crippen molar-refractivity contribution in [3.63, 3.8) is 0 Å². The summed E-state index contributed by atoms with van der Waals surface area (Å²) in [5.74, 6) is 0. The quantitative estimate of drug-likeness (QED) is 0.381. The smallest absolute Gasteiger partial charge is 0.442 e. The number of hydrogen-bond acceptors (Lipinski definition) is 9. The van der Waals surface area contributed by atoms with Crippen molar-refractivity contribution in [3.05, 3.63) is 0 Å². The fraction of sp³-hybridized carbons (Fsp3) is 0.833. The molecule has 22 heavy (non-hydrogen) atoms. The van der Waals surface area contributed by atoms with Gasteiger partial charge in [-0.3, -0.25) is 0 Å². The van der Waals surface area contributed by atoms with Crippen LogP contribution in [0.4, 0.5) is 9.59 Å². The van der Waals surface area contributed by atoms with Gasteiger partial charge in [-0.15, -0.1) is 0 Å². The molecule has 0 aromatic carbocycles. The molecule has 0 saturated carbocycles. The van der Waals surface area contributed by atoms with Crippen LogP contribution in [0.3, 0.4) is 0 Å². The van der Waals surface area contributed by atoms with Crippen molar-refractivity contribution in [2.24, 2.45) is 5.73 Å². The van der Waals surface area contributed by atoms with E-state index in [1.165, 1.54) is 0 Å². The van der Waals surface area contributed by atoms with Gasteiger partial charge in [-0.1, -0.05) is 0 Å². The van der Waals surface area contributed by atoms with Gasteiger partial charge in [-0.2, -0.15) is 0 Å². The Bertz CT molecular complexity index is 278. The van der Waals surface area contributed by atoms with Crippen molar-refractivity contribution in [1.82, 2.24) is 5.32 Å². The van der Waals surface area contributed by atoms with E-state index in [0.717, 1.165) is 0 Å². The molecule has 0 aliphatic carbocycles. The van der Waals surface area contributed by atoms with Crippen LogP contribution >= 0.6 is 0 Å². The molecule has 1 saturated heterocycles. The Hall–Kier alpha value is -1.62. The van der Waals surface area contributed by atoms with Gasteiger partial charge in [0.1, 0.15) is 6.10 Å². The average Bonchev–Trinajstić information content (AvgIpc) is 2.94. The lowest BCUT2D eigenvalue weighted by Crippen LogP contribution is -2.22. The van der Waals surface area contributed by atoms with Crippen molar-refractivity contribution in [1.29, 1.82) is 0 Å². The van der Waals surface area contributed by atoms with E-state index in [1.807, 2.05) is 0 Å². The zero-order chi connectivity index (χ0) is 17.4. The molecule has 1 fully saturated rings. The fourth-order valence-electron chi connectivity index (χ4n) is 0.886. The number of nitrogens with one attached hydrogen (secondary N) is 1. The molecule has 10 nitrogen and oxygen atoms in total. The molecular formula is C12H26N2O8. The predicted molar refractivity (Wildman–Crippen MR) is 76.2 cm³/mol. The van der Waals surface area contributed by atoms with Crippen LogP contribution in [-0.2, 0) is 14.2 Å². The largest absolute Gasteiger partial charge is 0.508 e. The molecule has 1 aliphatic heterocycles. The van der Waals surface area contributed by atoms with Gasteiger partial charge in [0.25, 0.3) is 0 Å². The van der Waals surface area contributed by atoms with E-state index >= 15 is 0 Å². The lowest BCUT2D eigenvalue weighted by Gasteiger charge is -1.98. The minimum absolute atomic E-state index is 0.0985. The van der Waals surface area contributed by atoms with Gasteiger partial charge in [0.2, 0.25) is 0 Å². The second-order valence-electron chi connectivity index (χ2n) is 3.78. The first kappa shape index (κ1) is 22.7. The first-order valence-corrected chi connectivity index (χ1v) is 6.78. The number of alkyl carbamates (subject to hydrolysis) is 1. The van der Waals surface area contributed by atoms with E-state index < -0.39 is 18.4 Å². The lowest BCUT2D eigenvalue weighted by molar-refractivity contribution is 0.0630. The Morgan fingerprint density at radius 3 is 2.14 bits per heavy atom. The minimum atomic E-state index is -0.731. The number of rotatable bonds is 5. The lowest BCUT2D eigenvalue weighted by atomic mass is 10.4. The van der Waals surface area contributed by atoms with Gasteiger partial charge in [0, 0.05) is 6.54 Å². The molecule has 0 aromatic heterocycles. The number of cyclic esters (lactones) is 1. The molecule has 132 valence electrons. The summed E-state index contributed by atoms with van der Waals surface area (Å²) in [4.78, 5) is 20.4. The molecule has 0 unspecified atom stereocenters. The normalized spacial score (nSPS) is 16.8. The Morgan fingerprint density at radius 1 is 1.41 bits per heavy atom. The summed E-state index contributed by atoms with van der Waals surface area (Å²) < 4.78 is 13.4. The highest BCUT2D eigenvalue weighted by atomic mass is 16.7. The molecular weight excluding hydrogens is 300 g/mol. The summed E-state index contributed by atoms with van der Waals surface area (Å²) >= 11 is 0. The number of hydrogen-bond donors (Lipinski definition) is 5. The van der Waals surface area contributed by atoms with E-state index in [0.29, 0.717) is 19.8 Å². The maximum atomic E-state index is 10.2. The molecule has 1 amide bonds. The minimum Gasteiger partial charge on any atom is -0.442 e. The number of aliphatic hydroxyl groups excluding tert-OH is 3. The molecule has 0 spiro atoms. The molecule has 6 N–H and O–H groups in total. The number of aliphatic hydroxyl groups is 3. The highest BCUT2D eigenvalue weighted by Gasteiger charge is 2.20. The molecule has 1 rings (SSSR count). The van der Waals surface area contributed by atoms with Gasteiger partial charge < -0.3 is 40.6 Å². The van der Waals surface area contributed by atoms with E-state index in [2.05, 4.69) is 19.5 Å². The van der Waals surface area contributed by atoms with E-state index in [9.17, 15) is 9.59 Å². The number of ether oxygens (including phenoxy) is 3. The van der Waals surface area contributed by atoms with Crippen LogP contribution in [0.5, 0.6) is 0 Å². The van der Waals surface area contributed by atoms with Crippen molar-refractivity contribution in [3.8, 4) is 0 Å². The van der Waals surface area contributed by atoms with Crippen LogP contribution < -0.4 is 11.1 Å². The molecule has 0 bridgehead atoms. The first-order valence-electron chi connectivity index (χ1n) is 6.78. The number of amides is 1. The number of nitrogens with two attached hydrogens (primary N) is 1. The molecule has 1 aliphatic rings. The second kappa shape index (κ2) is 15.8. The fourth-order valence-corrected chi connectivity index (χ4v) is 0.886. The van der Waals surface area contributed by atoms with Crippen molar-refractivity contribution >= 4 is 12.2 Å². The topological polar surface area (TPSA) is 161 Å². The highest BCUT2D eigenvalue weighted by molar-refractivity contribution is 5.69. The Morgan fingerprint density at radius 2 is 1.95 bits per heavy atom. The second-order valence-corrected chi connectivity index (χ2v) is 3.78. The third-order valence-electron chi connectivity index (χ3n) is 1.96. The van der Waals surface area contributed by atoms with Crippen LogP contribution in [0, 0.1) is 0 Å². The average molecular weight is 326 g/mol. The summed E-state index contributed by atoms with van der Waals surface area (Å²) in [6, 6.07) is 0. The maximum absolute atomic E-state index is 10.2. The van der Waals surface area contributed by atoms with Crippen LogP contribution in [0.25, 0.3) is 0 Å². The SMILES string of the molecule is CCOC(=O)OCC.NC[C@@H](O)CO.O=C1NC[C@H](CO)O1. The summed E-state index contributed by atoms with van der Waals surface area (Å²) in [7, 11) is 0. The van der Waals surface area contributed by atoms with Crippen molar-refractivity contribution < 1.29 is 39.1 Å². The van der Waals surface area contributed by atoms with Crippen molar-refractivity contribution in [2.75, 3.05) is 39.5 Å². The molecule has 0 radical (unpaired) electrons. The number of carbonyl (C=O) groups is 2. The Kier molecular flexibility index (Phi) is 16.2. The third-order valence-corrected chi connectivity index (χ3v) is 1.96. The number of carbonyl (C=O) groups excluding carboxylic acids is 2. The Labute approximate surface area is 129 Å². The van der Waals surface area contributed by atoms with Gasteiger partial charge in [0.15, 0.2) is 0 Å². The van der Waals surface area contributed by atoms with E-state index in [4.69, 9.17) is 21.1 Å². The van der Waals surface area contributed by atoms with Crippen LogP contribution in [0.15, 0.2) is 0 Å². The zero-order valence-electron chi connectivity index (χ0n) is 12.9. The Balaban J connectivity index is 0. The molecule has 0 aromatic rings. The van der Waals surface area contributed by atoms with Gasteiger partial charge in [-0.05, 0) is 13.8 Å². The van der Waals surface area contributed by atoms with Gasteiger partial charge >= 0.3 is 12.2 Å². The van der Waals surface area contributed by atoms with Crippen LogP contribution in [0.1, 0.15) is 13.8 Å². The van der Waals surface area contributed by atoms with E-state index in [1.54, 1.807) is 13.8 Å². The zero-order valence-corrected chi connectivity index (χ0v) is 12.9. The monoisotopic (exact) mass is 326 g/mol. The van der Waals surface area contributed by atoms with E-state index in [-0.39, 0.29) is 25.9 Å². The maximum Gasteiger partial charge on any atom is 0.508 e. The summed E-state index contributed by atoms with van der Waals surface area (Å²) in [6.45, 7) is 4.44. The summed E-state index contributed by atoms with van der Waals surface area (Å²) in [5.41, 5.74) is 4.87. The third kappa shape index (κ3) is 14.8. The van der Waals surface area contributed by atoms with Crippen molar-refractivity contribution in [2.45, 2.75) is 26.1 Å². The summed E-state index contributed by atoms with van der Waals surface area (Å²) in [6.07, 6.45) is -2.09. The van der Waals surface area contributed by atoms with Crippen LogP contribution in [0.2, 0.25) is 0 Å². The summed E-state index contributed by atoms with van der Waals surface area (Å²) in [5, 5.41) is 27.1. The predicted octanol–water partition coefficient (Wildman–Crippen LogP) is -1.44. The molecule has 1 heterocycles. The first-order chi connectivity index (χ1) is 10.4. The molecule has 2 atom stereocenters. The molecule has 10 heteroatoms. The standard InChI is InChI=1S/C5H10O3.C4H7NO3.C3H9NO2/c1-3-7-5(6)8-4-2;6-2-3-1-5-4(7)8-3;4-1-3(6)2-5/h3-4H2,1-2H3;3,6H,1-2H2,(H,5,7);3,5-6H,1-2,4H2/t;2*3-/m.11/s1.